The fourth-order valence-electron chi connectivity index (χ4n) is 3.49. The van der Waals surface area contributed by atoms with Gasteiger partial charge in [0.25, 0.3) is 0 Å². The number of fused-ring (bicyclic) bond motifs is 3. The van der Waals surface area contributed by atoms with Crippen molar-refractivity contribution < 1.29 is 9.47 Å². The summed E-state index contributed by atoms with van der Waals surface area (Å²) < 4.78 is 12.0. The molecular weight excluding hydrogens is 218 g/mol. The molecule has 2 bridgehead atoms. The Morgan fingerprint density at radius 2 is 2.00 bits per heavy atom. The minimum atomic E-state index is -0.502. The van der Waals surface area contributed by atoms with Crippen LogP contribution >= 0.6 is 0 Å². The Morgan fingerprint density at radius 1 is 1.29 bits per heavy atom. The standard InChI is InChI=1S/C12H21N3O2/c1-8-2-9-3-10(5-11(13)4-9)12(8)16-6-14-15-7-17-12/h2,8,10-11,14-15H,3-7,13H2,1H3. The van der Waals surface area contributed by atoms with E-state index in [9.17, 15) is 0 Å². The molecule has 17 heavy (non-hydrogen) atoms. The van der Waals surface area contributed by atoms with Crippen molar-refractivity contribution in [3.05, 3.63) is 11.6 Å². The highest BCUT2D eigenvalue weighted by molar-refractivity contribution is 5.19. The number of hydrazine groups is 1. The molecule has 1 saturated carbocycles. The molecule has 2 aliphatic carbocycles. The summed E-state index contributed by atoms with van der Waals surface area (Å²) in [5, 5.41) is 0. The molecule has 1 saturated heterocycles. The fraction of sp³-hybridized carbons (Fsp3) is 0.833. The lowest BCUT2D eigenvalue weighted by Gasteiger charge is -2.48. The summed E-state index contributed by atoms with van der Waals surface area (Å²) in [5.74, 6) is 0.159. The van der Waals surface area contributed by atoms with Crippen LogP contribution in [0.5, 0.6) is 0 Å². The zero-order valence-corrected chi connectivity index (χ0v) is 10.2. The van der Waals surface area contributed by atoms with Crippen LogP contribution < -0.4 is 16.6 Å². The third-order valence-corrected chi connectivity index (χ3v) is 4.17. The molecule has 0 aromatic heterocycles. The smallest absolute Gasteiger partial charge is 0.180 e. The van der Waals surface area contributed by atoms with Gasteiger partial charge in [-0.15, -0.1) is 0 Å². The predicted molar refractivity (Wildman–Crippen MR) is 63.5 cm³/mol. The number of hydrogen-bond donors (Lipinski definition) is 3. The summed E-state index contributed by atoms with van der Waals surface area (Å²) in [5.41, 5.74) is 13.5. The largest absolute Gasteiger partial charge is 0.333 e. The first kappa shape index (κ1) is 11.6. The summed E-state index contributed by atoms with van der Waals surface area (Å²) in [4.78, 5) is 0. The molecule has 3 rings (SSSR count). The SMILES string of the molecule is CC1C=C2CC(N)CC(C2)C12OCNNCO2. The lowest BCUT2D eigenvalue weighted by molar-refractivity contribution is -0.284. The first-order valence-corrected chi connectivity index (χ1v) is 6.39. The third kappa shape index (κ3) is 1.92. The Bertz CT molecular complexity index is 324. The summed E-state index contributed by atoms with van der Waals surface area (Å²) in [6.07, 6.45) is 5.38. The monoisotopic (exact) mass is 239 g/mol. The van der Waals surface area contributed by atoms with Gasteiger partial charge in [0.2, 0.25) is 0 Å². The summed E-state index contributed by atoms with van der Waals surface area (Å²) in [7, 11) is 0. The van der Waals surface area contributed by atoms with Crippen LogP contribution in [0.3, 0.4) is 0 Å². The molecule has 0 amide bonds. The van der Waals surface area contributed by atoms with Crippen LogP contribution in [0.15, 0.2) is 11.6 Å². The highest BCUT2D eigenvalue weighted by Gasteiger charge is 2.50. The van der Waals surface area contributed by atoms with Gasteiger partial charge in [0.05, 0.1) is 0 Å². The average Bonchev–Trinajstić information content (AvgIpc) is 2.52. The van der Waals surface area contributed by atoms with Gasteiger partial charge in [-0.3, -0.25) is 0 Å². The van der Waals surface area contributed by atoms with Crippen molar-refractivity contribution in [2.75, 3.05) is 13.5 Å². The molecule has 3 atom stereocenters. The van der Waals surface area contributed by atoms with Crippen molar-refractivity contribution in [3.8, 4) is 0 Å². The molecule has 0 aromatic rings. The number of hydrogen-bond acceptors (Lipinski definition) is 5. The van der Waals surface area contributed by atoms with E-state index in [-0.39, 0.29) is 12.0 Å². The van der Waals surface area contributed by atoms with Gasteiger partial charge in [-0.1, -0.05) is 18.6 Å². The molecule has 1 heterocycles. The molecule has 1 spiro atoms. The lowest BCUT2D eigenvalue weighted by Crippen LogP contribution is -2.54. The van der Waals surface area contributed by atoms with Crippen molar-refractivity contribution in [3.63, 3.8) is 0 Å². The van der Waals surface area contributed by atoms with Gasteiger partial charge >= 0.3 is 0 Å². The highest BCUT2D eigenvalue weighted by atomic mass is 16.7. The molecule has 1 aliphatic heterocycles. The fourth-order valence-corrected chi connectivity index (χ4v) is 3.49. The van der Waals surface area contributed by atoms with E-state index >= 15 is 0 Å². The van der Waals surface area contributed by atoms with Gasteiger partial charge in [-0.05, 0) is 19.3 Å². The third-order valence-electron chi connectivity index (χ3n) is 4.17. The van der Waals surface area contributed by atoms with Crippen molar-refractivity contribution in [1.29, 1.82) is 0 Å². The first-order chi connectivity index (χ1) is 8.21. The van der Waals surface area contributed by atoms with Gasteiger partial charge < -0.3 is 15.2 Å². The van der Waals surface area contributed by atoms with Crippen molar-refractivity contribution in [2.45, 2.75) is 38.0 Å². The van der Waals surface area contributed by atoms with Crippen LogP contribution in [0.25, 0.3) is 0 Å². The number of nitrogens with one attached hydrogen (secondary N) is 2. The Morgan fingerprint density at radius 3 is 2.71 bits per heavy atom. The van der Waals surface area contributed by atoms with Gasteiger partial charge in [0, 0.05) is 17.9 Å². The van der Waals surface area contributed by atoms with Crippen LogP contribution in [0.1, 0.15) is 26.2 Å². The molecule has 5 heteroatoms. The van der Waals surface area contributed by atoms with E-state index in [1.807, 2.05) is 0 Å². The Kier molecular flexibility index (Phi) is 2.96. The van der Waals surface area contributed by atoms with E-state index in [4.69, 9.17) is 15.2 Å². The normalized spacial score (nSPS) is 40.8. The quantitative estimate of drug-likeness (QED) is 0.535. The molecule has 4 N–H and O–H groups in total. The van der Waals surface area contributed by atoms with Crippen LogP contribution in [-0.4, -0.2) is 25.3 Å². The maximum atomic E-state index is 6.12. The van der Waals surface area contributed by atoms with E-state index in [1.165, 1.54) is 5.57 Å². The lowest BCUT2D eigenvalue weighted by atomic mass is 9.69. The maximum Gasteiger partial charge on any atom is 0.180 e. The highest BCUT2D eigenvalue weighted by Crippen LogP contribution is 2.47. The van der Waals surface area contributed by atoms with E-state index in [0.717, 1.165) is 19.3 Å². The van der Waals surface area contributed by atoms with Crippen LogP contribution in [-0.2, 0) is 9.47 Å². The second kappa shape index (κ2) is 4.33. The van der Waals surface area contributed by atoms with Crippen LogP contribution in [0, 0.1) is 11.8 Å². The summed E-state index contributed by atoms with van der Waals surface area (Å²) in [6, 6.07) is 0.251. The second-order valence-corrected chi connectivity index (χ2v) is 5.37. The molecule has 2 fully saturated rings. The minimum absolute atomic E-state index is 0.251. The predicted octanol–water partition coefficient (Wildman–Crippen LogP) is 0.442. The van der Waals surface area contributed by atoms with E-state index in [0.29, 0.717) is 19.4 Å². The zero-order chi connectivity index (χ0) is 11.9. The van der Waals surface area contributed by atoms with Crippen molar-refractivity contribution >= 4 is 0 Å². The van der Waals surface area contributed by atoms with Crippen LogP contribution in [0.4, 0.5) is 0 Å². The summed E-state index contributed by atoms with van der Waals surface area (Å²) in [6.45, 7) is 3.12. The van der Waals surface area contributed by atoms with Gasteiger partial charge in [0.1, 0.15) is 13.5 Å². The Balaban J connectivity index is 1.92. The Labute approximate surface area is 102 Å². The maximum absolute atomic E-state index is 6.12. The van der Waals surface area contributed by atoms with Gasteiger partial charge in [-0.25, -0.2) is 10.9 Å². The van der Waals surface area contributed by atoms with E-state index in [2.05, 4.69) is 23.9 Å². The first-order valence-electron chi connectivity index (χ1n) is 6.39. The molecule has 0 aromatic carbocycles. The zero-order valence-electron chi connectivity index (χ0n) is 10.2. The van der Waals surface area contributed by atoms with Crippen LogP contribution in [0.2, 0.25) is 0 Å². The number of nitrogens with two attached hydrogens (primary N) is 1. The molecular formula is C12H21N3O2. The van der Waals surface area contributed by atoms with E-state index < -0.39 is 5.79 Å². The number of rotatable bonds is 0. The minimum Gasteiger partial charge on any atom is -0.333 e. The topological polar surface area (TPSA) is 68.5 Å². The van der Waals surface area contributed by atoms with Crippen molar-refractivity contribution in [2.24, 2.45) is 17.6 Å². The summed E-state index contributed by atoms with van der Waals surface area (Å²) >= 11 is 0. The molecule has 3 unspecified atom stereocenters. The molecule has 0 radical (unpaired) electrons. The van der Waals surface area contributed by atoms with Gasteiger partial charge in [0.15, 0.2) is 5.79 Å². The Hall–Kier alpha value is -0.460. The molecule has 5 nitrogen and oxygen atoms in total. The van der Waals surface area contributed by atoms with Crippen molar-refractivity contribution in [1.82, 2.24) is 10.9 Å². The molecule has 3 aliphatic rings. The second-order valence-electron chi connectivity index (χ2n) is 5.37. The molecule has 96 valence electrons. The van der Waals surface area contributed by atoms with E-state index in [1.54, 1.807) is 0 Å². The number of ether oxygens (including phenoxy) is 2. The van der Waals surface area contributed by atoms with Gasteiger partial charge in [-0.2, -0.15) is 0 Å². The average molecular weight is 239 g/mol.